The Bertz CT molecular complexity index is 987. The molecule has 2 aromatic carbocycles. The topological polar surface area (TPSA) is 69.6 Å². The first kappa shape index (κ1) is 13.4. The van der Waals surface area contributed by atoms with E-state index in [1.54, 1.807) is 6.21 Å². The van der Waals surface area contributed by atoms with E-state index < -0.39 is 5.82 Å². The minimum Gasteiger partial charge on any atom is -0.361 e. The maximum Gasteiger partial charge on any atom is 0.276 e. The van der Waals surface area contributed by atoms with Crippen molar-refractivity contribution in [2.24, 2.45) is 10.2 Å². The lowest BCUT2D eigenvalue weighted by molar-refractivity contribution is -0.110. The molecule has 0 fully saturated rings. The van der Waals surface area contributed by atoms with Gasteiger partial charge in [-0.05, 0) is 24.3 Å². The van der Waals surface area contributed by atoms with Crippen LogP contribution in [0.3, 0.4) is 0 Å². The van der Waals surface area contributed by atoms with Crippen molar-refractivity contribution >= 4 is 34.4 Å². The van der Waals surface area contributed by atoms with Gasteiger partial charge in [-0.25, -0.2) is 4.39 Å². The molecular formula is C17H11FN4O. The fourth-order valence-corrected chi connectivity index (χ4v) is 2.57. The first-order valence-electron chi connectivity index (χ1n) is 7.01. The molecule has 1 aromatic heterocycles. The third kappa shape index (κ3) is 2.30. The van der Waals surface area contributed by atoms with Gasteiger partial charge >= 0.3 is 0 Å². The number of amides is 1. The molecule has 1 amide bonds. The standard InChI is InChI=1S/C17H11FN4O/c18-11-5-6-15-13(7-11)16(17(23)21-15)22-20-9-10-8-19-14-4-2-1-3-12(10)14/h1-9,19H,(H,21,22,23)/b20-9+. The Balaban J connectivity index is 1.69. The Labute approximate surface area is 130 Å². The van der Waals surface area contributed by atoms with Crippen LogP contribution in [0.25, 0.3) is 10.9 Å². The predicted molar refractivity (Wildman–Crippen MR) is 87.5 cm³/mol. The first-order valence-corrected chi connectivity index (χ1v) is 7.01. The Kier molecular flexibility index (Phi) is 3.01. The van der Waals surface area contributed by atoms with Crippen LogP contribution in [0.5, 0.6) is 0 Å². The number of nitrogens with one attached hydrogen (secondary N) is 2. The van der Waals surface area contributed by atoms with Crippen molar-refractivity contribution in [3.05, 3.63) is 65.6 Å². The van der Waals surface area contributed by atoms with Gasteiger partial charge in [0.1, 0.15) is 5.82 Å². The van der Waals surface area contributed by atoms with Gasteiger partial charge in [0, 0.05) is 28.2 Å². The van der Waals surface area contributed by atoms with Gasteiger partial charge in [-0.2, -0.15) is 5.10 Å². The van der Waals surface area contributed by atoms with Crippen molar-refractivity contribution in [1.29, 1.82) is 0 Å². The summed E-state index contributed by atoms with van der Waals surface area (Å²) in [7, 11) is 0. The molecule has 1 aliphatic heterocycles. The normalized spacial score (nSPS) is 15.5. The maximum atomic E-state index is 13.3. The van der Waals surface area contributed by atoms with Gasteiger partial charge < -0.3 is 10.3 Å². The number of halogens is 1. The number of aromatic nitrogens is 1. The van der Waals surface area contributed by atoms with E-state index in [-0.39, 0.29) is 11.6 Å². The number of aromatic amines is 1. The molecule has 1 aliphatic rings. The molecule has 0 radical (unpaired) electrons. The maximum absolute atomic E-state index is 13.3. The summed E-state index contributed by atoms with van der Waals surface area (Å²) in [6, 6.07) is 11.9. The Hall–Kier alpha value is -3.28. The monoisotopic (exact) mass is 306 g/mol. The minimum atomic E-state index is -0.423. The number of fused-ring (bicyclic) bond motifs is 2. The average Bonchev–Trinajstić information content (AvgIpc) is 3.09. The summed E-state index contributed by atoms with van der Waals surface area (Å²) in [5.74, 6) is -0.810. The van der Waals surface area contributed by atoms with Gasteiger partial charge in [-0.1, -0.05) is 18.2 Å². The molecule has 112 valence electrons. The summed E-state index contributed by atoms with van der Waals surface area (Å²) < 4.78 is 13.3. The van der Waals surface area contributed by atoms with Crippen LogP contribution in [0.1, 0.15) is 11.1 Å². The number of para-hydroxylation sites is 1. The van der Waals surface area contributed by atoms with Crippen LogP contribution < -0.4 is 5.32 Å². The molecule has 0 unspecified atom stereocenters. The van der Waals surface area contributed by atoms with Crippen LogP contribution in [0, 0.1) is 5.82 Å². The van der Waals surface area contributed by atoms with E-state index in [0.717, 1.165) is 16.5 Å². The van der Waals surface area contributed by atoms with Gasteiger partial charge in [0.25, 0.3) is 5.91 Å². The van der Waals surface area contributed by atoms with Crippen molar-refractivity contribution in [2.45, 2.75) is 0 Å². The SMILES string of the molecule is O=C1Nc2ccc(F)cc2/C1=N/N=C/c1c[nH]c2ccccc12. The molecule has 23 heavy (non-hydrogen) atoms. The van der Waals surface area contributed by atoms with Crippen molar-refractivity contribution in [1.82, 2.24) is 4.98 Å². The molecule has 2 N–H and O–H groups in total. The van der Waals surface area contributed by atoms with Gasteiger partial charge in [0.05, 0.1) is 11.9 Å². The highest BCUT2D eigenvalue weighted by molar-refractivity contribution is 6.53. The number of hydrogen-bond donors (Lipinski definition) is 2. The molecule has 3 aromatic rings. The summed E-state index contributed by atoms with van der Waals surface area (Å²) in [6.07, 6.45) is 3.38. The number of nitrogens with zero attached hydrogens (tertiary/aromatic N) is 2. The number of H-pyrrole nitrogens is 1. The Morgan fingerprint density at radius 1 is 1.13 bits per heavy atom. The van der Waals surface area contributed by atoms with Crippen LogP contribution in [0.2, 0.25) is 0 Å². The van der Waals surface area contributed by atoms with E-state index in [9.17, 15) is 9.18 Å². The Morgan fingerprint density at radius 3 is 2.91 bits per heavy atom. The van der Waals surface area contributed by atoms with Gasteiger partial charge in [-0.15, -0.1) is 5.10 Å². The molecule has 0 aliphatic carbocycles. The second kappa shape index (κ2) is 5.17. The lowest BCUT2D eigenvalue weighted by Crippen LogP contribution is -2.13. The second-order valence-corrected chi connectivity index (χ2v) is 5.13. The van der Waals surface area contributed by atoms with E-state index in [0.29, 0.717) is 11.3 Å². The lowest BCUT2D eigenvalue weighted by atomic mass is 10.1. The largest absolute Gasteiger partial charge is 0.361 e. The van der Waals surface area contributed by atoms with E-state index in [1.807, 2.05) is 30.5 Å². The van der Waals surface area contributed by atoms with E-state index >= 15 is 0 Å². The number of anilines is 1. The van der Waals surface area contributed by atoms with E-state index in [1.165, 1.54) is 18.2 Å². The number of carbonyl (C=O) groups is 1. The molecule has 0 saturated heterocycles. The van der Waals surface area contributed by atoms with Crippen LogP contribution in [-0.4, -0.2) is 22.8 Å². The van der Waals surface area contributed by atoms with Crippen LogP contribution in [-0.2, 0) is 4.79 Å². The van der Waals surface area contributed by atoms with Crippen LogP contribution >= 0.6 is 0 Å². The summed E-state index contributed by atoms with van der Waals surface area (Å²) in [4.78, 5) is 15.0. The fourth-order valence-electron chi connectivity index (χ4n) is 2.57. The molecular weight excluding hydrogens is 295 g/mol. The number of benzene rings is 2. The fraction of sp³-hybridized carbons (Fsp3) is 0. The summed E-state index contributed by atoms with van der Waals surface area (Å²) in [5.41, 5.74) is 2.93. The van der Waals surface area contributed by atoms with Gasteiger partial charge in [-0.3, -0.25) is 4.79 Å². The zero-order valence-electron chi connectivity index (χ0n) is 11.9. The van der Waals surface area contributed by atoms with Crippen molar-refractivity contribution in [3.63, 3.8) is 0 Å². The predicted octanol–water partition coefficient (Wildman–Crippen LogP) is 3.08. The van der Waals surface area contributed by atoms with E-state index in [4.69, 9.17) is 0 Å². The molecule has 2 heterocycles. The van der Waals surface area contributed by atoms with Crippen molar-refractivity contribution in [3.8, 4) is 0 Å². The van der Waals surface area contributed by atoms with Gasteiger partial charge in [0.15, 0.2) is 5.71 Å². The molecule has 0 saturated carbocycles. The molecule has 6 heteroatoms. The molecule has 0 bridgehead atoms. The third-order valence-electron chi connectivity index (χ3n) is 3.68. The third-order valence-corrected chi connectivity index (χ3v) is 3.68. The van der Waals surface area contributed by atoms with Gasteiger partial charge in [0.2, 0.25) is 0 Å². The molecule has 0 atom stereocenters. The molecule has 5 nitrogen and oxygen atoms in total. The number of rotatable bonds is 2. The lowest BCUT2D eigenvalue weighted by Gasteiger charge is -1.95. The zero-order valence-corrected chi connectivity index (χ0v) is 11.9. The number of carbonyl (C=O) groups excluding carboxylic acids is 1. The summed E-state index contributed by atoms with van der Waals surface area (Å²) >= 11 is 0. The highest BCUT2D eigenvalue weighted by Crippen LogP contribution is 2.24. The molecule has 4 rings (SSSR count). The van der Waals surface area contributed by atoms with E-state index in [2.05, 4.69) is 20.5 Å². The highest BCUT2D eigenvalue weighted by atomic mass is 19.1. The minimum absolute atomic E-state index is 0.107. The summed E-state index contributed by atoms with van der Waals surface area (Å²) in [6.45, 7) is 0. The summed E-state index contributed by atoms with van der Waals surface area (Å²) in [5, 5.41) is 11.6. The number of hydrogen-bond acceptors (Lipinski definition) is 3. The second-order valence-electron chi connectivity index (χ2n) is 5.13. The van der Waals surface area contributed by atoms with Crippen molar-refractivity contribution < 1.29 is 9.18 Å². The van der Waals surface area contributed by atoms with Crippen molar-refractivity contribution in [2.75, 3.05) is 5.32 Å². The zero-order chi connectivity index (χ0) is 15.8. The highest BCUT2D eigenvalue weighted by Gasteiger charge is 2.26. The first-order chi connectivity index (χ1) is 11.2. The smallest absolute Gasteiger partial charge is 0.276 e. The molecule has 0 spiro atoms. The van der Waals surface area contributed by atoms with Crippen LogP contribution in [0.15, 0.2) is 58.9 Å². The van der Waals surface area contributed by atoms with Crippen LogP contribution in [0.4, 0.5) is 10.1 Å². The Morgan fingerprint density at radius 2 is 2.00 bits per heavy atom. The average molecular weight is 306 g/mol. The quantitative estimate of drug-likeness (QED) is 0.554.